The Morgan fingerprint density at radius 1 is 0.914 bits per heavy atom. The molecule has 4 nitrogen and oxygen atoms in total. The van der Waals surface area contributed by atoms with Crippen LogP contribution in [0.25, 0.3) is 11.1 Å². The number of carboxylic acid groups (broad SMARTS) is 1. The number of hydrogen-bond acceptors (Lipinski definition) is 4. The van der Waals surface area contributed by atoms with Crippen LogP contribution in [0, 0.1) is 17.6 Å². The third kappa shape index (κ3) is 8.49. The Morgan fingerprint density at radius 2 is 1.60 bits per heavy atom. The van der Waals surface area contributed by atoms with Gasteiger partial charge in [-0.05, 0) is 54.5 Å². The van der Waals surface area contributed by atoms with Crippen molar-refractivity contribution < 1.29 is 28.2 Å². The molecule has 2 rings (SSSR count). The molecular weight excluding hydrogens is 470 g/mol. The molecule has 2 aromatic rings. The van der Waals surface area contributed by atoms with Gasteiger partial charge in [0.1, 0.15) is 6.61 Å². The van der Waals surface area contributed by atoms with Gasteiger partial charge in [0, 0.05) is 10.5 Å². The largest absolute Gasteiger partial charge is 0.478 e. The van der Waals surface area contributed by atoms with E-state index in [1.165, 1.54) is 17.8 Å². The molecule has 0 amide bonds. The summed E-state index contributed by atoms with van der Waals surface area (Å²) < 4.78 is 33.2. The molecule has 0 saturated heterocycles. The number of thioether (sulfide) groups is 1. The van der Waals surface area contributed by atoms with Gasteiger partial charge in [-0.15, -0.1) is 11.8 Å². The molecule has 0 saturated carbocycles. The number of hydrogen-bond donors (Lipinski definition) is 1. The molecule has 0 aliphatic heterocycles. The maximum atomic E-state index is 14.0. The van der Waals surface area contributed by atoms with Gasteiger partial charge in [-0.25, -0.2) is 13.6 Å². The molecule has 0 spiro atoms. The van der Waals surface area contributed by atoms with E-state index < -0.39 is 17.6 Å². The first-order chi connectivity index (χ1) is 16.8. The average Bonchev–Trinajstić information content (AvgIpc) is 2.85. The lowest BCUT2D eigenvalue weighted by Gasteiger charge is -2.18. The Hall–Kier alpha value is -2.67. The van der Waals surface area contributed by atoms with Crippen molar-refractivity contribution in [3.63, 3.8) is 0 Å². The van der Waals surface area contributed by atoms with Gasteiger partial charge in [-0.1, -0.05) is 64.2 Å². The van der Waals surface area contributed by atoms with Gasteiger partial charge in [0.15, 0.2) is 11.6 Å². The molecule has 0 fully saturated rings. The number of carbonyl (C=O) groups is 2. The maximum Gasteiger partial charge on any atom is 0.336 e. The number of carbonyl (C=O) groups excluding carboxylic acids is 1. The normalized spacial score (nSPS) is 12.7. The van der Waals surface area contributed by atoms with Crippen LogP contribution < -0.4 is 0 Å². The minimum atomic E-state index is -1.32. The summed E-state index contributed by atoms with van der Waals surface area (Å²) in [5.41, 5.74) is 0.531. The molecule has 7 heteroatoms. The minimum Gasteiger partial charge on any atom is -0.478 e. The highest BCUT2D eigenvalue weighted by Crippen LogP contribution is 2.30. The predicted octanol–water partition coefficient (Wildman–Crippen LogP) is 7.61. The second kappa shape index (κ2) is 14.7. The van der Waals surface area contributed by atoms with Gasteiger partial charge in [0.05, 0.1) is 11.5 Å². The number of aliphatic carboxylic acids is 1. The Labute approximate surface area is 210 Å². The molecule has 35 heavy (non-hydrogen) atoms. The minimum absolute atomic E-state index is 0.000987. The number of benzene rings is 2. The van der Waals surface area contributed by atoms with Crippen LogP contribution in [0.4, 0.5) is 8.78 Å². The molecule has 0 heterocycles. The van der Waals surface area contributed by atoms with Crippen LogP contribution in [0.3, 0.4) is 0 Å². The standard InChI is InChI=1S/C28H34F2O4S/c1-4-6-7-8-10-20(9-5-2)28(33)34-18-23(19-11-14-22(35-3)15-12-19)26(27(31)32)21-13-16-24(29)25(30)17-21/h11-17,20H,4-10,18H2,1-3H3,(H,31,32)/b26-23+. The molecule has 1 N–H and O–H groups in total. The highest BCUT2D eigenvalue weighted by Gasteiger charge is 2.24. The molecule has 1 atom stereocenters. The fourth-order valence-corrected chi connectivity index (χ4v) is 4.39. The van der Waals surface area contributed by atoms with Crippen molar-refractivity contribution in [2.45, 2.75) is 63.7 Å². The Morgan fingerprint density at radius 3 is 2.17 bits per heavy atom. The van der Waals surface area contributed by atoms with E-state index in [0.29, 0.717) is 12.0 Å². The molecule has 0 bridgehead atoms. The maximum absolute atomic E-state index is 14.0. The highest BCUT2D eigenvalue weighted by molar-refractivity contribution is 7.98. The van der Waals surface area contributed by atoms with Gasteiger partial charge >= 0.3 is 11.9 Å². The number of ether oxygens (including phenoxy) is 1. The zero-order chi connectivity index (χ0) is 25.8. The van der Waals surface area contributed by atoms with E-state index in [1.54, 1.807) is 12.1 Å². The van der Waals surface area contributed by atoms with Crippen molar-refractivity contribution in [1.82, 2.24) is 0 Å². The molecule has 1 unspecified atom stereocenters. The van der Waals surface area contributed by atoms with Crippen molar-refractivity contribution in [3.8, 4) is 0 Å². The lowest BCUT2D eigenvalue weighted by Crippen LogP contribution is -2.20. The Bertz CT molecular complexity index is 1020. The predicted molar refractivity (Wildman–Crippen MR) is 137 cm³/mol. The van der Waals surface area contributed by atoms with Crippen LogP contribution in [-0.4, -0.2) is 29.9 Å². The second-order valence-electron chi connectivity index (χ2n) is 8.46. The SMILES string of the molecule is CCCCCCC(CCC)C(=O)OC/C(=C(\C(=O)O)c1ccc(F)c(F)c1)c1ccc(SC)cc1. The fourth-order valence-electron chi connectivity index (χ4n) is 3.98. The number of esters is 1. The monoisotopic (exact) mass is 504 g/mol. The fraction of sp³-hybridized carbons (Fsp3) is 0.429. The lowest BCUT2D eigenvalue weighted by atomic mass is 9.94. The first-order valence-corrected chi connectivity index (χ1v) is 13.3. The molecule has 0 radical (unpaired) electrons. The van der Waals surface area contributed by atoms with Gasteiger partial charge in [-0.3, -0.25) is 4.79 Å². The number of carboxylic acids is 1. The summed E-state index contributed by atoms with van der Waals surface area (Å²) >= 11 is 1.53. The van der Waals surface area contributed by atoms with Gasteiger partial charge in [0.2, 0.25) is 0 Å². The van der Waals surface area contributed by atoms with Crippen LogP contribution in [0.15, 0.2) is 47.4 Å². The van der Waals surface area contributed by atoms with Crippen LogP contribution in [0.2, 0.25) is 0 Å². The molecule has 0 aliphatic rings. The summed E-state index contributed by atoms with van der Waals surface area (Å²) in [6.07, 6.45) is 8.38. The second-order valence-corrected chi connectivity index (χ2v) is 9.34. The number of rotatable bonds is 14. The molecule has 2 aromatic carbocycles. The topological polar surface area (TPSA) is 63.6 Å². The zero-order valence-electron chi connectivity index (χ0n) is 20.6. The van der Waals surface area contributed by atoms with Crippen LogP contribution in [-0.2, 0) is 14.3 Å². The zero-order valence-corrected chi connectivity index (χ0v) is 21.4. The first-order valence-electron chi connectivity index (χ1n) is 12.0. The van der Waals surface area contributed by atoms with E-state index in [0.717, 1.165) is 55.6 Å². The van der Waals surface area contributed by atoms with Crippen LogP contribution >= 0.6 is 11.8 Å². The summed E-state index contributed by atoms with van der Waals surface area (Å²) in [6, 6.07) is 10.1. The summed E-state index contributed by atoms with van der Waals surface area (Å²) in [5, 5.41) is 10.0. The third-order valence-electron chi connectivity index (χ3n) is 5.90. The quantitative estimate of drug-likeness (QED) is 0.0943. The number of halogens is 2. The summed E-state index contributed by atoms with van der Waals surface area (Å²) in [5.74, 6) is -4.16. The highest BCUT2D eigenvalue weighted by atomic mass is 32.2. The van der Waals surface area contributed by atoms with Crippen molar-refractivity contribution in [1.29, 1.82) is 0 Å². The van der Waals surface area contributed by atoms with E-state index in [2.05, 4.69) is 6.92 Å². The lowest BCUT2D eigenvalue weighted by molar-refractivity contribution is -0.147. The van der Waals surface area contributed by atoms with Crippen molar-refractivity contribution in [3.05, 3.63) is 65.2 Å². The number of unbranched alkanes of at least 4 members (excludes halogenated alkanes) is 3. The smallest absolute Gasteiger partial charge is 0.336 e. The van der Waals surface area contributed by atoms with E-state index >= 15 is 0 Å². The van der Waals surface area contributed by atoms with E-state index in [4.69, 9.17) is 4.74 Å². The third-order valence-corrected chi connectivity index (χ3v) is 6.64. The summed E-state index contributed by atoms with van der Waals surface area (Å²) in [4.78, 5) is 26.2. The average molecular weight is 505 g/mol. The molecule has 190 valence electrons. The molecule has 0 aliphatic carbocycles. The molecular formula is C28H34F2O4S. The Kier molecular flexibility index (Phi) is 12.0. The van der Waals surface area contributed by atoms with Crippen molar-refractivity contribution >= 4 is 34.8 Å². The van der Waals surface area contributed by atoms with Crippen molar-refractivity contribution in [2.75, 3.05) is 12.9 Å². The summed E-state index contributed by atoms with van der Waals surface area (Å²) in [7, 11) is 0. The van der Waals surface area contributed by atoms with E-state index in [9.17, 15) is 23.5 Å². The van der Waals surface area contributed by atoms with E-state index in [1.807, 2.05) is 25.3 Å². The van der Waals surface area contributed by atoms with Crippen LogP contribution in [0.5, 0.6) is 0 Å². The van der Waals surface area contributed by atoms with Gasteiger partial charge < -0.3 is 9.84 Å². The van der Waals surface area contributed by atoms with Crippen molar-refractivity contribution in [2.24, 2.45) is 5.92 Å². The van der Waals surface area contributed by atoms with Crippen LogP contribution in [0.1, 0.15) is 69.9 Å². The van der Waals surface area contributed by atoms with Gasteiger partial charge in [-0.2, -0.15) is 0 Å². The van der Waals surface area contributed by atoms with Gasteiger partial charge in [0.25, 0.3) is 0 Å². The van der Waals surface area contributed by atoms with E-state index in [-0.39, 0.29) is 35.2 Å². The Balaban J connectivity index is 2.42. The first kappa shape index (κ1) is 28.6. The molecule has 0 aromatic heterocycles. The summed E-state index contributed by atoms with van der Waals surface area (Å²) in [6.45, 7) is 3.86.